The lowest BCUT2D eigenvalue weighted by Crippen LogP contribution is -2.38. The fraction of sp³-hybridized carbons (Fsp3) is 0.143. The molecule has 0 aliphatic carbocycles. The molecule has 1 aliphatic heterocycles. The van der Waals surface area contributed by atoms with Crippen LogP contribution in [0.2, 0.25) is 5.02 Å². The summed E-state index contributed by atoms with van der Waals surface area (Å²) in [5.74, 6) is -0.989. The molecule has 1 heterocycles. The molecule has 11 heteroatoms. The van der Waals surface area contributed by atoms with E-state index in [9.17, 15) is 19.2 Å². The number of carbonyl (C=O) groups excluding carboxylic acids is 4. The number of primary amides is 1. The van der Waals surface area contributed by atoms with E-state index in [2.05, 4.69) is 10.6 Å². The van der Waals surface area contributed by atoms with E-state index in [0.29, 0.717) is 17.0 Å². The van der Waals surface area contributed by atoms with Crippen molar-refractivity contribution >= 4 is 47.1 Å². The zero-order valence-electron chi connectivity index (χ0n) is 16.9. The van der Waals surface area contributed by atoms with Crippen LogP contribution in [0.25, 0.3) is 6.08 Å². The number of nitrogens with two attached hydrogens (primary N) is 1. The van der Waals surface area contributed by atoms with E-state index in [0.717, 1.165) is 4.90 Å². The van der Waals surface area contributed by atoms with Crippen molar-refractivity contribution in [2.75, 3.05) is 25.6 Å². The smallest absolute Gasteiger partial charge is 0.329 e. The molecule has 1 saturated heterocycles. The highest BCUT2D eigenvalue weighted by atomic mass is 35.5. The summed E-state index contributed by atoms with van der Waals surface area (Å²) in [4.78, 5) is 48.7. The number of hydrogen-bond acceptors (Lipinski definition) is 6. The molecule has 0 aromatic heterocycles. The first kappa shape index (κ1) is 22.6. The third-order valence-electron chi connectivity index (χ3n) is 4.27. The molecule has 0 spiro atoms. The molecule has 0 radical (unpaired) electrons. The van der Waals surface area contributed by atoms with Gasteiger partial charge in [-0.25, -0.2) is 9.69 Å². The van der Waals surface area contributed by atoms with Gasteiger partial charge in [0.2, 0.25) is 5.91 Å². The average molecular weight is 459 g/mol. The van der Waals surface area contributed by atoms with Crippen LogP contribution in [0.1, 0.15) is 5.56 Å². The number of amides is 5. The maximum Gasteiger partial charge on any atom is 0.329 e. The van der Waals surface area contributed by atoms with Crippen molar-refractivity contribution in [3.8, 4) is 11.5 Å². The number of hydrogen-bond donors (Lipinski definition) is 3. The van der Waals surface area contributed by atoms with Crippen molar-refractivity contribution in [1.29, 1.82) is 0 Å². The number of benzene rings is 2. The zero-order chi connectivity index (χ0) is 23.3. The molecule has 5 amide bonds. The Labute approximate surface area is 187 Å². The van der Waals surface area contributed by atoms with Crippen molar-refractivity contribution in [3.05, 3.63) is 58.7 Å². The molecule has 4 N–H and O–H groups in total. The number of nitrogens with zero attached hydrogens (tertiary/aromatic N) is 1. The zero-order valence-corrected chi connectivity index (χ0v) is 17.6. The van der Waals surface area contributed by atoms with Crippen molar-refractivity contribution in [1.82, 2.24) is 10.2 Å². The highest BCUT2D eigenvalue weighted by Crippen LogP contribution is 2.27. The number of rotatable bonds is 8. The van der Waals surface area contributed by atoms with Gasteiger partial charge in [0.15, 0.2) is 6.61 Å². The lowest BCUT2D eigenvalue weighted by molar-refractivity contribution is -0.127. The van der Waals surface area contributed by atoms with Crippen LogP contribution in [0.5, 0.6) is 11.5 Å². The molecule has 0 bridgehead atoms. The largest absolute Gasteiger partial charge is 0.497 e. The van der Waals surface area contributed by atoms with E-state index in [1.807, 2.05) is 0 Å². The van der Waals surface area contributed by atoms with Gasteiger partial charge in [-0.3, -0.25) is 14.4 Å². The van der Waals surface area contributed by atoms with E-state index < -0.39 is 30.3 Å². The Balaban J connectivity index is 1.65. The van der Waals surface area contributed by atoms with Crippen LogP contribution >= 0.6 is 11.6 Å². The summed E-state index contributed by atoms with van der Waals surface area (Å²) < 4.78 is 10.2. The van der Waals surface area contributed by atoms with Gasteiger partial charge in [-0.15, -0.1) is 0 Å². The molecule has 0 saturated carbocycles. The summed E-state index contributed by atoms with van der Waals surface area (Å²) in [6.07, 6.45) is 1.41. The van der Waals surface area contributed by atoms with Crippen LogP contribution in [0.4, 0.5) is 10.5 Å². The quantitative estimate of drug-likeness (QED) is 0.406. The van der Waals surface area contributed by atoms with Gasteiger partial charge < -0.3 is 25.8 Å². The molecular weight excluding hydrogens is 440 g/mol. The number of ether oxygens (including phenoxy) is 2. The Bertz CT molecular complexity index is 1100. The summed E-state index contributed by atoms with van der Waals surface area (Å²) in [5.41, 5.74) is 6.00. The summed E-state index contributed by atoms with van der Waals surface area (Å²) in [7, 11) is 1.52. The van der Waals surface area contributed by atoms with Gasteiger partial charge in [0.25, 0.3) is 11.8 Å². The first-order valence-electron chi connectivity index (χ1n) is 9.26. The van der Waals surface area contributed by atoms with Crippen LogP contribution < -0.4 is 25.8 Å². The number of imide groups is 1. The van der Waals surface area contributed by atoms with E-state index in [4.69, 9.17) is 26.8 Å². The second-order valence-corrected chi connectivity index (χ2v) is 7.01. The molecular formula is C21H19ClN4O6. The molecule has 2 aromatic rings. The average Bonchev–Trinajstić information content (AvgIpc) is 3.01. The summed E-state index contributed by atoms with van der Waals surface area (Å²) in [6, 6.07) is 10.4. The molecule has 32 heavy (non-hydrogen) atoms. The molecule has 166 valence electrons. The Morgan fingerprint density at radius 1 is 1.19 bits per heavy atom. The van der Waals surface area contributed by atoms with Crippen LogP contribution in [0, 0.1) is 0 Å². The third kappa shape index (κ3) is 5.55. The lowest BCUT2D eigenvalue weighted by atomic mass is 10.2. The first-order chi connectivity index (χ1) is 15.3. The Kier molecular flexibility index (Phi) is 6.96. The van der Waals surface area contributed by atoms with Crippen molar-refractivity contribution in [2.24, 2.45) is 5.73 Å². The molecule has 2 aromatic carbocycles. The van der Waals surface area contributed by atoms with Crippen LogP contribution in [0.3, 0.4) is 0 Å². The minimum absolute atomic E-state index is 0.0193. The standard InChI is InChI=1S/C21H19ClN4O6/c1-31-14-5-3-13(4-6-14)24-19(28)10-26-20(29)16(25-21(26)30)9-12-2-7-17(15(22)8-12)32-11-18(23)27/h2-9H,10-11H2,1H3,(H2,23,27)(H,24,28)(H,25,30). The monoisotopic (exact) mass is 458 g/mol. The highest BCUT2D eigenvalue weighted by molar-refractivity contribution is 6.32. The molecule has 0 unspecified atom stereocenters. The first-order valence-corrected chi connectivity index (χ1v) is 9.63. The normalized spacial score (nSPS) is 14.3. The second kappa shape index (κ2) is 9.84. The van der Waals surface area contributed by atoms with Crippen molar-refractivity contribution < 1.29 is 28.7 Å². The Hall–Kier alpha value is -4.05. The fourth-order valence-corrected chi connectivity index (χ4v) is 3.02. The summed E-state index contributed by atoms with van der Waals surface area (Å²) in [6.45, 7) is -0.795. The van der Waals surface area contributed by atoms with Gasteiger partial charge in [-0.05, 0) is 48.0 Å². The summed E-state index contributed by atoms with van der Waals surface area (Å²) in [5, 5.41) is 5.22. The van der Waals surface area contributed by atoms with Gasteiger partial charge in [0.1, 0.15) is 23.7 Å². The van der Waals surface area contributed by atoms with Gasteiger partial charge in [0, 0.05) is 5.69 Å². The number of halogens is 1. The van der Waals surface area contributed by atoms with Crippen LogP contribution in [-0.2, 0) is 14.4 Å². The third-order valence-corrected chi connectivity index (χ3v) is 4.57. The minimum atomic E-state index is -0.723. The number of anilines is 1. The van der Waals surface area contributed by atoms with Crippen LogP contribution in [-0.4, -0.2) is 48.9 Å². The van der Waals surface area contributed by atoms with Crippen molar-refractivity contribution in [2.45, 2.75) is 0 Å². The fourth-order valence-electron chi connectivity index (χ4n) is 2.77. The molecule has 1 aliphatic rings. The van der Waals surface area contributed by atoms with Gasteiger partial charge >= 0.3 is 6.03 Å². The second-order valence-electron chi connectivity index (χ2n) is 6.60. The Morgan fingerprint density at radius 3 is 2.53 bits per heavy atom. The van der Waals surface area contributed by atoms with Crippen LogP contribution in [0.15, 0.2) is 48.2 Å². The lowest BCUT2D eigenvalue weighted by Gasteiger charge is -2.12. The van der Waals surface area contributed by atoms with Gasteiger partial charge in [0.05, 0.1) is 12.1 Å². The number of carbonyl (C=O) groups is 4. The SMILES string of the molecule is COc1ccc(NC(=O)CN2C(=O)NC(=Cc3ccc(OCC(N)=O)c(Cl)c3)C2=O)cc1. The highest BCUT2D eigenvalue weighted by Gasteiger charge is 2.34. The maximum absolute atomic E-state index is 12.6. The Morgan fingerprint density at radius 2 is 1.91 bits per heavy atom. The number of urea groups is 1. The van der Waals surface area contributed by atoms with Gasteiger partial charge in [-0.1, -0.05) is 17.7 Å². The molecule has 1 fully saturated rings. The van der Waals surface area contributed by atoms with E-state index >= 15 is 0 Å². The van der Waals surface area contributed by atoms with Gasteiger partial charge in [-0.2, -0.15) is 0 Å². The van der Waals surface area contributed by atoms with E-state index in [-0.39, 0.29) is 23.1 Å². The topological polar surface area (TPSA) is 140 Å². The van der Waals surface area contributed by atoms with E-state index in [1.165, 1.54) is 25.3 Å². The molecule has 0 atom stereocenters. The van der Waals surface area contributed by atoms with E-state index in [1.54, 1.807) is 30.3 Å². The maximum atomic E-state index is 12.6. The number of nitrogens with one attached hydrogen (secondary N) is 2. The predicted octanol–water partition coefficient (Wildman–Crippen LogP) is 1.74. The predicted molar refractivity (Wildman–Crippen MR) is 116 cm³/mol. The van der Waals surface area contributed by atoms with Crippen molar-refractivity contribution in [3.63, 3.8) is 0 Å². The number of methoxy groups -OCH3 is 1. The minimum Gasteiger partial charge on any atom is -0.497 e. The summed E-state index contributed by atoms with van der Waals surface area (Å²) >= 11 is 6.11. The molecule has 10 nitrogen and oxygen atoms in total. The molecule has 3 rings (SSSR count).